The van der Waals surface area contributed by atoms with Gasteiger partial charge in [0.1, 0.15) is 12.1 Å². The molecular weight excluding hydrogens is 240 g/mol. The molecule has 5 heteroatoms. The highest BCUT2D eigenvalue weighted by atomic mass is 16.5. The largest absolute Gasteiger partial charge is 0.475 e. The molecule has 0 aromatic carbocycles. The van der Waals surface area contributed by atoms with Gasteiger partial charge in [0.05, 0.1) is 6.10 Å². The van der Waals surface area contributed by atoms with Gasteiger partial charge in [-0.25, -0.2) is 9.97 Å². The molecule has 1 aromatic rings. The van der Waals surface area contributed by atoms with E-state index in [9.17, 15) is 0 Å². The molecule has 0 aliphatic carbocycles. The van der Waals surface area contributed by atoms with Crippen LogP contribution in [-0.4, -0.2) is 35.7 Å². The summed E-state index contributed by atoms with van der Waals surface area (Å²) in [4.78, 5) is 10.8. The molecular formula is C14H24N4O. The fourth-order valence-corrected chi connectivity index (χ4v) is 2.55. The Morgan fingerprint density at radius 2 is 2.32 bits per heavy atom. The maximum atomic E-state index is 5.66. The molecule has 0 radical (unpaired) electrons. The molecule has 1 aromatic heterocycles. The fourth-order valence-electron chi connectivity index (χ4n) is 2.55. The number of nitrogens with two attached hydrogens (primary N) is 1. The van der Waals surface area contributed by atoms with Gasteiger partial charge in [0, 0.05) is 19.2 Å². The van der Waals surface area contributed by atoms with Gasteiger partial charge in [-0.05, 0) is 45.6 Å². The van der Waals surface area contributed by atoms with Crippen LogP contribution in [-0.2, 0) is 0 Å². The summed E-state index contributed by atoms with van der Waals surface area (Å²) < 4.78 is 5.62. The lowest BCUT2D eigenvalue weighted by atomic mass is 9.95. The van der Waals surface area contributed by atoms with Gasteiger partial charge in [-0.1, -0.05) is 0 Å². The van der Waals surface area contributed by atoms with Crippen molar-refractivity contribution >= 4 is 5.82 Å². The molecule has 0 saturated carbocycles. The van der Waals surface area contributed by atoms with Crippen molar-refractivity contribution in [1.29, 1.82) is 0 Å². The van der Waals surface area contributed by atoms with Gasteiger partial charge in [-0.2, -0.15) is 0 Å². The summed E-state index contributed by atoms with van der Waals surface area (Å²) >= 11 is 0. The van der Waals surface area contributed by atoms with Crippen molar-refractivity contribution in [3.05, 3.63) is 12.4 Å². The van der Waals surface area contributed by atoms with Crippen LogP contribution >= 0.6 is 0 Å². The molecule has 106 valence electrons. The van der Waals surface area contributed by atoms with E-state index >= 15 is 0 Å². The topological polar surface area (TPSA) is 64.3 Å². The first-order valence-electron chi connectivity index (χ1n) is 7.12. The van der Waals surface area contributed by atoms with Crippen LogP contribution < -0.4 is 15.4 Å². The Balaban J connectivity index is 2.04. The fraction of sp³-hybridized carbons (Fsp3) is 0.714. The Labute approximate surface area is 115 Å². The molecule has 0 bridgehead atoms. The van der Waals surface area contributed by atoms with Crippen molar-refractivity contribution in [1.82, 2.24) is 9.97 Å². The van der Waals surface area contributed by atoms with Gasteiger partial charge in [0.25, 0.3) is 0 Å². The minimum atomic E-state index is 0.133. The number of anilines is 1. The molecule has 1 atom stereocenters. The lowest BCUT2D eigenvalue weighted by molar-refractivity contribution is 0.232. The van der Waals surface area contributed by atoms with Crippen molar-refractivity contribution in [2.75, 3.05) is 24.5 Å². The Morgan fingerprint density at radius 3 is 3.05 bits per heavy atom. The second-order valence-electron chi connectivity index (χ2n) is 5.41. The number of piperidine rings is 1. The van der Waals surface area contributed by atoms with Crippen LogP contribution in [0.15, 0.2) is 12.4 Å². The highest BCUT2D eigenvalue weighted by Gasteiger charge is 2.20. The van der Waals surface area contributed by atoms with Crippen LogP contribution in [0.3, 0.4) is 0 Å². The zero-order valence-corrected chi connectivity index (χ0v) is 11.9. The monoisotopic (exact) mass is 264 g/mol. The Bertz CT molecular complexity index is 395. The number of rotatable bonds is 5. The first-order valence-corrected chi connectivity index (χ1v) is 7.12. The minimum absolute atomic E-state index is 0.133. The van der Waals surface area contributed by atoms with E-state index in [1.54, 1.807) is 6.33 Å². The van der Waals surface area contributed by atoms with E-state index in [0.29, 0.717) is 11.8 Å². The van der Waals surface area contributed by atoms with E-state index in [4.69, 9.17) is 10.5 Å². The van der Waals surface area contributed by atoms with Gasteiger partial charge in [0.2, 0.25) is 5.88 Å². The molecule has 1 saturated heterocycles. The zero-order valence-electron chi connectivity index (χ0n) is 11.9. The van der Waals surface area contributed by atoms with Crippen molar-refractivity contribution in [3.8, 4) is 5.88 Å². The van der Waals surface area contributed by atoms with Crippen molar-refractivity contribution < 1.29 is 4.74 Å². The lowest BCUT2D eigenvalue weighted by Gasteiger charge is -2.33. The molecule has 19 heavy (non-hydrogen) atoms. The Hall–Kier alpha value is -1.36. The third-order valence-electron chi connectivity index (χ3n) is 3.40. The smallest absolute Gasteiger partial charge is 0.218 e. The predicted octanol–water partition coefficient (Wildman–Crippen LogP) is 1.83. The highest BCUT2D eigenvalue weighted by Crippen LogP contribution is 2.24. The predicted molar refractivity (Wildman–Crippen MR) is 76.4 cm³/mol. The second-order valence-corrected chi connectivity index (χ2v) is 5.41. The summed E-state index contributed by atoms with van der Waals surface area (Å²) in [5, 5.41) is 0. The third kappa shape index (κ3) is 4.06. The van der Waals surface area contributed by atoms with E-state index in [-0.39, 0.29) is 6.10 Å². The zero-order chi connectivity index (χ0) is 13.7. The van der Waals surface area contributed by atoms with Crippen LogP contribution in [0.2, 0.25) is 0 Å². The highest BCUT2D eigenvalue weighted by molar-refractivity contribution is 5.41. The second kappa shape index (κ2) is 6.70. The van der Waals surface area contributed by atoms with Crippen LogP contribution in [0.4, 0.5) is 5.82 Å². The van der Waals surface area contributed by atoms with Crippen LogP contribution in [0.5, 0.6) is 5.88 Å². The first kappa shape index (κ1) is 14.1. The van der Waals surface area contributed by atoms with Gasteiger partial charge in [0.15, 0.2) is 0 Å². The number of aromatic nitrogens is 2. The molecule has 5 nitrogen and oxygen atoms in total. The first-order chi connectivity index (χ1) is 9.19. The van der Waals surface area contributed by atoms with E-state index < -0.39 is 0 Å². The number of hydrogen-bond donors (Lipinski definition) is 1. The van der Waals surface area contributed by atoms with Crippen molar-refractivity contribution in [2.45, 2.75) is 39.2 Å². The van der Waals surface area contributed by atoms with Gasteiger partial charge in [-0.15, -0.1) is 0 Å². The molecule has 0 amide bonds. The van der Waals surface area contributed by atoms with Gasteiger partial charge >= 0.3 is 0 Å². The maximum absolute atomic E-state index is 5.66. The molecule has 1 aliphatic heterocycles. The molecule has 1 fully saturated rings. The van der Waals surface area contributed by atoms with E-state index in [1.165, 1.54) is 12.8 Å². The molecule has 0 spiro atoms. The summed E-state index contributed by atoms with van der Waals surface area (Å²) in [7, 11) is 0. The summed E-state index contributed by atoms with van der Waals surface area (Å²) in [6, 6.07) is 1.94. The average Bonchev–Trinajstić information content (AvgIpc) is 2.39. The Kier molecular flexibility index (Phi) is 4.96. The summed E-state index contributed by atoms with van der Waals surface area (Å²) in [6.07, 6.45) is 5.29. The molecule has 2 rings (SSSR count). The van der Waals surface area contributed by atoms with E-state index in [1.807, 2.05) is 19.9 Å². The standard InChI is InChI=1S/C14H24N4O/c1-11(2)19-14-8-13(16-10-17-14)18-7-3-4-12(9-18)5-6-15/h8,10-12H,3-7,9,15H2,1-2H3. The third-order valence-corrected chi connectivity index (χ3v) is 3.40. The van der Waals surface area contributed by atoms with Crippen molar-refractivity contribution in [3.63, 3.8) is 0 Å². The average molecular weight is 264 g/mol. The number of nitrogens with zero attached hydrogens (tertiary/aromatic N) is 3. The van der Waals surface area contributed by atoms with Crippen LogP contribution in [0, 0.1) is 5.92 Å². The normalized spacial score (nSPS) is 19.8. The quantitative estimate of drug-likeness (QED) is 0.879. The van der Waals surface area contributed by atoms with Gasteiger partial charge in [-0.3, -0.25) is 0 Å². The van der Waals surface area contributed by atoms with Crippen molar-refractivity contribution in [2.24, 2.45) is 11.7 Å². The summed E-state index contributed by atoms with van der Waals surface area (Å²) in [5.74, 6) is 2.30. The summed E-state index contributed by atoms with van der Waals surface area (Å²) in [6.45, 7) is 6.86. The van der Waals surface area contributed by atoms with E-state index in [2.05, 4.69) is 14.9 Å². The minimum Gasteiger partial charge on any atom is -0.475 e. The molecule has 1 aliphatic rings. The number of ether oxygens (including phenoxy) is 1. The van der Waals surface area contributed by atoms with Crippen LogP contribution in [0.25, 0.3) is 0 Å². The van der Waals surface area contributed by atoms with Crippen LogP contribution in [0.1, 0.15) is 33.1 Å². The maximum Gasteiger partial charge on any atom is 0.218 e. The molecule has 1 unspecified atom stereocenters. The SMILES string of the molecule is CC(C)Oc1cc(N2CCCC(CCN)C2)ncn1. The summed E-state index contributed by atoms with van der Waals surface area (Å²) in [5.41, 5.74) is 5.66. The van der Waals surface area contributed by atoms with Gasteiger partial charge < -0.3 is 15.4 Å². The molecule has 2 N–H and O–H groups in total. The molecule has 2 heterocycles. The Morgan fingerprint density at radius 1 is 1.47 bits per heavy atom. The number of hydrogen-bond acceptors (Lipinski definition) is 5. The lowest BCUT2D eigenvalue weighted by Crippen LogP contribution is -2.36. The van der Waals surface area contributed by atoms with E-state index in [0.717, 1.165) is 31.9 Å².